The lowest BCUT2D eigenvalue weighted by Gasteiger charge is -2.34. The van der Waals surface area contributed by atoms with Gasteiger partial charge in [0.15, 0.2) is 0 Å². The van der Waals surface area contributed by atoms with Crippen LogP contribution in [0.3, 0.4) is 0 Å². The van der Waals surface area contributed by atoms with Crippen LogP contribution in [0, 0.1) is 0 Å². The zero-order chi connectivity index (χ0) is 24.6. The minimum absolute atomic E-state index is 0.200. The second-order valence-electron chi connectivity index (χ2n) is 8.58. The highest BCUT2D eigenvalue weighted by molar-refractivity contribution is 6.35. The lowest BCUT2D eigenvalue weighted by atomic mass is 9.85. The number of hydrogen-bond donors (Lipinski definition) is 0. The number of hydrogen-bond acceptors (Lipinski definition) is 5. The van der Waals surface area contributed by atoms with Gasteiger partial charge in [-0.15, -0.1) is 0 Å². The molecule has 0 saturated carbocycles. The molecule has 1 amide bonds. The molecule has 2 aromatic carbocycles. The number of nitrogens with zero attached hydrogens (tertiary/aromatic N) is 6. The Kier molecular flexibility index (Phi) is 6.11. The van der Waals surface area contributed by atoms with Gasteiger partial charge in [-0.05, 0) is 46.8 Å². The summed E-state index contributed by atoms with van der Waals surface area (Å²) >= 11 is 12.5. The maximum absolute atomic E-state index is 13.7. The van der Waals surface area contributed by atoms with Crippen molar-refractivity contribution in [2.45, 2.75) is 24.4 Å². The van der Waals surface area contributed by atoms with Gasteiger partial charge in [0.2, 0.25) is 0 Å². The molecule has 0 spiro atoms. The Morgan fingerprint density at radius 2 is 1.80 bits per heavy atom. The normalized spacial score (nSPS) is 21.2. The van der Waals surface area contributed by atoms with Gasteiger partial charge in [-0.3, -0.25) is 4.79 Å². The minimum atomic E-state index is -0.799. The van der Waals surface area contributed by atoms with Crippen LogP contribution in [0.4, 0.5) is 0 Å². The molecular weight excluding hydrogens is 487 g/mol. The summed E-state index contributed by atoms with van der Waals surface area (Å²) in [5.41, 5.74) is 12.2. The number of aromatic nitrogens is 2. The molecule has 8 nitrogen and oxygen atoms in total. The molecule has 3 heterocycles. The molecule has 0 bridgehead atoms. The summed E-state index contributed by atoms with van der Waals surface area (Å²) in [6.45, 7) is 0.299. The molecule has 5 rings (SSSR count). The third kappa shape index (κ3) is 4.10. The average Bonchev–Trinajstić information content (AvgIpc) is 3.30. The fourth-order valence-corrected chi connectivity index (χ4v) is 5.68. The van der Waals surface area contributed by atoms with Gasteiger partial charge in [0.25, 0.3) is 5.91 Å². The van der Waals surface area contributed by atoms with Crippen LogP contribution < -0.4 is 0 Å². The highest BCUT2D eigenvalue weighted by Crippen LogP contribution is 2.50. The average molecular weight is 507 g/mol. The molecule has 2 aliphatic heterocycles. The molecule has 0 unspecified atom stereocenters. The summed E-state index contributed by atoms with van der Waals surface area (Å²) in [4.78, 5) is 26.6. The molecule has 2 atom stereocenters. The monoisotopic (exact) mass is 506 g/mol. The van der Waals surface area contributed by atoms with Crippen molar-refractivity contribution in [1.29, 1.82) is 0 Å². The van der Waals surface area contributed by atoms with Crippen LogP contribution in [0.1, 0.15) is 17.5 Å². The van der Waals surface area contributed by atoms with E-state index in [9.17, 15) is 4.79 Å². The van der Waals surface area contributed by atoms with Crippen molar-refractivity contribution < 1.29 is 9.53 Å². The van der Waals surface area contributed by atoms with Crippen molar-refractivity contribution >= 4 is 34.7 Å². The largest absolute Gasteiger partial charge is 0.498 e. The van der Waals surface area contributed by atoms with Crippen LogP contribution in [0.2, 0.25) is 10.0 Å². The van der Waals surface area contributed by atoms with E-state index < -0.39 is 5.54 Å². The Labute approximate surface area is 211 Å². The van der Waals surface area contributed by atoms with Crippen LogP contribution in [-0.4, -0.2) is 46.0 Å². The second kappa shape index (κ2) is 9.23. The zero-order valence-electron chi connectivity index (χ0n) is 18.7. The SMILES string of the molecule is COC1=C(c2cc(Cl)cc(Cl)c2)C(=O)N2C[C@@H](N=[N+]=[N-])C[C@@]12Cc1ccc(-c2cncnc2)cc1. The number of carbonyl (C=O) groups excluding carboxylic acids is 1. The molecule has 35 heavy (non-hydrogen) atoms. The predicted molar refractivity (Wildman–Crippen MR) is 134 cm³/mol. The number of halogens is 2. The van der Waals surface area contributed by atoms with Gasteiger partial charge >= 0.3 is 0 Å². The van der Waals surface area contributed by atoms with E-state index in [1.54, 1.807) is 42.6 Å². The number of ether oxygens (including phenoxy) is 1. The molecule has 0 aliphatic carbocycles. The molecule has 1 fully saturated rings. The van der Waals surface area contributed by atoms with E-state index in [0.717, 1.165) is 16.7 Å². The number of fused-ring (bicyclic) bond motifs is 1. The first-order valence-electron chi connectivity index (χ1n) is 10.9. The van der Waals surface area contributed by atoms with Crippen molar-refractivity contribution in [3.05, 3.63) is 98.6 Å². The van der Waals surface area contributed by atoms with E-state index in [1.165, 1.54) is 6.33 Å². The van der Waals surface area contributed by atoms with E-state index in [-0.39, 0.29) is 11.9 Å². The zero-order valence-corrected chi connectivity index (χ0v) is 20.2. The van der Waals surface area contributed by atoms with E-state index in [4.69, 9.17) is 33.5 Å². The smallest absolute Gasteiger partial charge is 0.258 e. The number of benzene rings is 2. The molecular formula is C25H20Cl2N6O2. The van der Waals surface area contributed by atoms with Gasteiger partial charge in [0.05, 0.1) is 18.7 Å². The molecule has 176 valence electrons. The van der Waals surface area contributed by atoms with E-state index >= 15 is 0 Å². The highest BCUT2D eigenvalue weighted by atomic mass is 35.5. The standard InChI is InChI=1S/C25H20Cl2N6O2/c1-35-23-22(17-6-19(26)8-20(27)7-17)24(34)33-13-21(31-32-28)10-25(23,33)9-15-2-4-16(5-3-15)18-11-29-14-30-12-18/h2-8,11-12,14,21H,9-10,13H2,1H3/t21-,25-/m0/s1. The van der Waals surface area contributed by atoms with E-state index in [2.05, 4.69) is 20.0 Å². The van der Waals surface area contributed by atoms with Crippen molar-refractivity contribution in [1.82, 2.24) is 14.9 Å². The molecule has 2 aliphatic rings. The molecule has 1 aromatic heterocycles. The summed E-state index contributed by atoms with van der Waals surface area (Å²) in [6, 6.07) is 12.7. The molecule has 0 N–H and O–H groups in total. The predicted octanol–water partition coefficient (Wildman–Crippen LogP) is 5.71. The van der Waals surface area contributed by atoms with Gasteiger partial charge in [0.1, 0.15) is 17.6 Å². The van der Waals surface area contributed by atoms with Crippen LogP contribution >= 0.6 is 23.2 Å². The molecule has 3 aromatic rings. The summed E-state index contributed by atoms with van der Waals surface area (Å²) in [6.07, 6.45) is 5.94. The van der Waals surface area contributed by atoms with Crippen LogP contribution in [0.15, 0.2) is 72.1 Å². The molecule has 1 saturated heterocycles. The van der Waals surface area contributed by atoms with Gasteiger partial charge in [0, 0.05) is 45.9 Å². The summed E-state index contributed by atoms with van der Waals surface area (Å²) in [7, 11) is 1.55. The van der Waals surface area contributed by atoms with Gasteiger partial charge in [-0.1, -0.05) is 52.6 Å². The minimum Gasteiger partial charge on any atom is -0.498 e. The Hall–Kier alpha value is -3.58. The molecule has 0 radical (unpaired) electrons. The fourth-order valence-electron chi connectivity index (χ4n) is 5.15. The summed E-state index contributed by atoms with van der Waals surface area (Å²) in [5.74, 6) is 0.325. The lowest BCUT2D eigenvalue weighted by Crippen LogP contribution is -2.45. The van der Waals surface area contributed by atoms with Crippen LogP contribution in [0.25, 0.3) is 27.1 Å². The molecule has 10 heteroatoms. The highest BCUT2D eigenvalue weighted by Gasteiger charge is 2.58. The van der Waals surface area contributed by atoms with Crippen molar-refractivity contribution in [3.63, 3.8) is 0 Å². The number of carbonyl (C=O) groups is 1. The maximum atomic E-state index is 13.7. The number of methoxy groups -OCH3 is 1. The fraction of sp³-hybridized carbons (Fsp3) is 0.240. The number of amides is 1. The second-order valence-corrected chi connectivity index (χ2v) is 9.45. The quantitative estimate of drug-likeness (QED) is 0.242. The number of azide groups is 1. The van der Waals surface area contributed by atoms with E-state index in [0.29, 0.717) is 46.3 Å². The van der Waals surface area contributed by atoms with Gasteiger partial charge in [-0.2, -0.15) is 0 Å². The van der Waals surface area contributed by atoms with Gasteiger partial charge < -0.3 is 9.64 Å². The topological polar surface area (TPSA) is 104 Å². The third-order valence-corrected chi connectivity index (χ3v) is 6.94. The Morgan fingerprint density at radius 3 is 2.43 bits per heavy atom. The van der Waals surface area contributed by atoms with Crippen LogP contribution in [-0.2, 0) is 16.0 Å². The summed E-state index contributed by atoms with van der Waals surface area (Å²) in [5, 5.41) is 4.78. The Bertz CT molecular complexity index is 1350. The first kappa shape index (κ1) is 23.2. The third-order valence-electron chi connectivity index (χ3n) is 6.51. The summed E-state index contributed by atoms with van der Waals surface area (Å²) < 4.78 is 5.92. The van der Waals surface area contributed by atoms with Crippen molar-refractivity contribution in [2.24, 2.45) is 5.11 Å². The van der Waals surface area contributed by atoms with E-state index in [1.807, 2.05) is 24.3 Å². The lowest BCUT2D eigenvalue weighted by molar-refractivity contribution is -0.126. The van der Waals surface area contributed by atoms with Crippen LogP contribution in [0.5, 0.6) is 0 Å². The first-order chi connectivity index (χ1) is 16.9. The van der Waals surface area contributed by atoms with Crippen molar-refractivity contribution in [3.8, 4) is 11.1 Å². The van der Waals surface area contributed by atoms with Crippen molar-refractivity contribution in [2.75, 3.05) is 13.7 Å². The Morgan fingerprint density at radius 1 is 1.11 bits per heavy atom. The number of rotatable bonds is 6. The Balaban J connectivity index is 1.59. The maximum Gasteiger partial charge on any atom is 0.258 e. The van der Waals surface area contributed by atoms with Gasteiger partial charge in [-0.25, -0.2) is 9.97 Å². The first-order valence-corrected chi connectivity index (χ1v) is 11.7.